The summed E-state index contributed by atoms with van der Waals surface area (Å²) >= 11 is 0. The van der Waals surface area contributed by atoms with Crippen molar-refractivity contribution in [3.63, 3.8) is 0 Å². The number of nitrogens with one attached hydrogen (secondary N) is 1. The zero-order valence-electron chi connectivity index (χ0n) is 21.7. The van der Waals surface area contributed by atoms with Crippen LogP contribution in [0.4, 0.5) is 0 Å². The maximum atomic E-state index is 13.2. The number of hydrazone groups is 1. The van der Waals surface area contributed by atoms with Crippen molar-refractivity contribution in [3.8, 4) is 22.7 Å². The summed E-state index contributed by atoms with van der Waals surface area (Å²) in [7, 11) is 1.35. The van der Waals surface area contributed by atoms with Crippen LogP contribution in [0.1, 0.15) is 31.8 Å². The summed E-state index contributed by atoms with van der Waals surface area (Å²) in [5, 5.41) is 8.88. The second-order valence-corrected chi connectivity index (χ2v) is 8.75. The lowest BCUT2D eigenvalue weighted by Crippen LogP contribution is -2.18. The number of para-hydroxylation sites is 2. The molecule has 1 amide bonds. The Labute approximate surface area is 231 Å². The Bertz CT molecular complexity index is 1630. The van der Waals surface area contributed by atoms with Gasteiger partial charge in [0.05, 0.1) is 30.1 Å². The van der Waals surface area contributed by atoms with E-state index in [-0.39, 0.29) is 18.5 Å². The normalized spacial score (nSPS) is 10.8. The van der Waals surface area contributed by atoms with Crippen LogP contribution in [0.3, 0.4) is 0 Å². The average molecular weight is 531 g/mol. The molecule has 8 heteroatoms. The highest BCUT2D eigenvalue weighted by atomic mass is 16.5. The summed E-state index contributed by atoms with van der Waals surface area (Å²) in [6, 6.07) is 33.5. The van der Waals surface area contributed by atoms with Crippen molar-refractivity contribution < 1.29 is 19.1 Å². The largest absolute Gasteiger partial charge is 0.488 e. The molecule has 0 atom stereocenters. The number of methoxy groups -OCH3 is 1. The number of hydrogen-bond acceptors (Lipinski definition) is 6. The van der Waals surface area contributed by atoms with Crippen molar-refractivity contribution in [3.05, 3.63) is 138 Å². The van der Waals surface area contributed by atoms with Crippen LogP contribution in [0, 0.1) is 0 Å². The zero-order chi connectivity index (χ0) is 27.7. The van der Waals surface area contributed by atoms with E-state index in [1.807, 2.05) is 97.1 Å². The molecule has 0 fully saturated rings. The summed E-state index contributed by atoms with van der Waals surface area (Å²) in [5.74, 6) is -0.180. The monoisotopic (exact) mass is 530 g/mol. The molecule has 0 aliphatic carbocycles. The van der Waals surface area contributed by atoms with Crippen LogP contribution in [0.5, 0.6) is 5.75 Å². The number of hydrogen-bond donors (Lipinski definition) is 1. The van der Waals surface area contributed by atoms with Gasteiger partial charge in [-0.05, 0) is 42.0 Å². The lowest BCUT2D eigenvalue weighted by atomic mass is 10.1. The first-order valence-corrected chi connectivity index (χ1v) is 12.6. The first kappa shape index (κ1) is 26.1. The van der Waals surface area contributed by atoms with E-state index < -0.39 is 0 Å². The van der Waals surface area contributed by atoms with Gasteiger partial charge in [-0.2, -0.15) is 10.2 Å². The van der Waals surface area contributed by atoms with Crippen molar-refractivity contribution in [2.45, 2.75) is 6.61 Å². The van der Waals surface area contributed by atoms with Crippen molar-refractivity contribution in [1.82, 2.24) is 15.2 Å². The first-order valence-electron chi connectivity index (χ1n) is 12.6. The number of amides is 1. The average Bonchev–Trinajstić information content (AvgIpc) is 3.47. The van der Waals surface area contributed by atoms with Crippen molar-refractivity contribution in [1.29, 1.82) is 0 Å². The van der Waals surface area contributed by atoms with E-state index >= 15 is 0 Å². The fourth-order valence-corrected chi connectivity index (χ4v) is 4.02. The summed E-state index contributed by atoms with van der Waals surface area (Å²) < 4.78 is 12.4. The molecule has 0 saturated heterocycles. The van der Waals surface area contributed by atoms with Crippen LogP contribution in [-0.2, 0) is 11.3 Å². The van der Waals surface area contributed by atoms with Gasteiger partial charge < -0.3 is 9.47 Å². The summed E-state index contributed by atoms with van der Waals surface area (Å²) in [6.07, 6.45) is 3.24. The Kier molecular flexibility index (Phi) is 8.07. The number of carbonyl (C=O) groups is 2. The minimum atomic E-state index is -0.389. The van der Waals surface area contributed by atoms with E-state index in [0.717, 1.165) is 16.8 Å². The molecule has 5 aromatic rings. The smallest absolute Gasteiger partial charge is 0.337 e. The molecule has 0 spiro atoms. The molecule has 1 heterocycles. The van der Waals surface area contributed by atoms with Crippen LogP contribution in [0.15, 0.2) is 120 Å². The fourth-order valence-electron chi connectivity index (χ4n) is 4.02. The van der Waals surface area contributed by atoms with Gasteiger partial charge in [-0.3, -0.25) is 4.79 Å². The molecule has 8 nitrogen and oxygen atoms in total. The van der Waals surface area contributed by atoms with E-state index in [4.69, 9.17) is 9.47 Å². The number of rotatable bonds is 9. The lowest BCUT2D eigenvalue weighted by molar-refractivity contribution is 0.0600. The van der Waals surface area contributed by atoms with E-state index in [2.05, 4.69) is 15.6 Å². The lowest BCUT2D eigenvalue weighted by Gasteiger charge is -2.09. The van der Waals surface area contributed by atoms with Crippen LogP contribution in [-0.4, -0.2) is 35.0 Å². The number of aromatic nitrogens is 2. The van der Waals surface area contributed by atoms with E-state index in [0.29, 0.717) is 28.1 Å². The Morgan fingerprint density at radius 3 is 2.27 bits per heavy atom. The maximum absolute atomic E-state index is 13.2. The van der Waals surface area contributed by atoms with Gasteiger partial charge >= 0.3 is 5.97 Å². The molecular formula is C32H26N4O4. The van der Waals surface area contributed by atoms with E-state index in [1.165, 1.54) is 13.3 Å². The maximum Gasteiger partial charge on any atom is 0.337 e. The molecular weight excluding hydrogens is 504 g/mol. The van der Waals surface area contributed by atoms with Crippen LogP contribution in [0.25, 0.3) is 16.9 Å². The van der Waals surface area contributed by atoms with Gasteiger partial charge in [0.2, 0.25) is 0 Å². The predicted molar refractivity (Wildman–Crippen MR) is 153 cm³/mol. The Morgan fingerprint density at radius 2 is 1.55 bits per heavy atom. The number of nitrogens with zero attached hydrogens (tertiary/aromatic N) is 3. The second-order valence-electron chi connectivity index (χ2n) is 8.75. The van der Waals surface area contributed by atoms with Crippen molar-refractivity contribution in [2.24, 2.45) is 5.10 Å². The number of carbonyl (C=O) groups excluding carboxylic acids is 2. The molecule has 0 aliphatic heterocycles. The van der Waals surface area contributed by atoms with Crippen molar-refractivity contribution in [2.75, 3.05) is 7.11 Å². The standard InChI is InChI=1S/C32H26N4O4/c1-39-32(38)25-18-16-23(17-19-25)22-40-29-15-9-8-12-26(29)20-33-34-31(37)28-21-36(27-13-6-3-7-14-27)35-30(28)24-10-4-2-5-11-24/h2-21H,22H2,1H3,(H,34,37). The quantitative estimate of drug-likeness (QED) is 0.151. The SMILES string of the molecule is COC(=O)c1ccc(COc2ccccc2C=NNC(=O)c2cn(-c3ccccc3)nc2-c2ccccc2)cc1. The second kappa shape index (κ2) is 12.4. The Morgan fingerprint density at radius 1 is 0.875 bits per heavy atom. The molecule has 1 N–H and O–H groups in total. The molecule has 4 aromatic carbocycles. The van der Waals surface area contributed by atoms with Gasteiger partial charge in [0, 0.05) is 17.3 Å². The van der Waals surface area contributed by atoms with Crippen molar-refractivity contribution >= 4 is 18.1 Å². The number of ether oxygens (including phenoxy) is 2. The van der Waals surface area contributed by atoms with Gasteiger partial charge in [0.15, 0.2) is 0 Å². The zero-order valence-corrected chi connectivity index (χ0v) is 21.7. The minimum absolute atomic E-state index is 0.289. The highest BCUT2D eigenvalue weighted by Crippen LogP contribution is 2.24. The molecule has 1 aromatic heterocycles. The van der Waals surface area contributed by atoms with Crippen LogP contribution in [0.2, 0.25) is 0 Å². The summed E-state index contributed by atoms with van der Waals surface area (Å²) in [4.78, 5) is 24.9. The highest BCUT2D eigenvalue weighted by molar-refractivity contribution is 6.00. The molecule has 0 radical (unpaired) electrons. The number of esters is 1. The van der Waals surface area contributed by atoms with Gasteiger partial charge in [-0.25, -0.2) is 14.9 Å². The molecule has 0 saturated carbocycles. The van der Waals surface area contributed by atoms with Crippen LogP contribution < -0.4 is 10.2 Å². The predicted octanol–water partition coefficient (Wildman–Crippen LogP) is 5.67. The highest BCUT2D eigenvalue weighted by Gasteiger charge is 2.18. The van der Waals surface area contributed by atoms with Gasteiger partial charge in [0.25, 0.3) is 5.91 Å². The first-order chi connectivity index (χ1) is 19.6. The summed E-state index contributed by atoms with van der Waals surface area (Å²) in [6.45, 7) is 0.289. The third kappa shape index (κ3) is 6.14. The van der Waals surface area contributed by atoms with Gasteiger partial charge in [-0.1, -0.05) is 72.8 Å². The number of benzene rings is 4. The Hall–Kier alpha value is -5.50. The third-order valence-corrected chi connectivity index (χ3v) is 6.08. The van der Waals surface area contributed by atoms with Gasteiger partial charge in [0.1, 0.15) is 18.1 Å². The third-order valence-electron chi connectivity index (χ3n) is 6.08. The molecule has 40 heavy (non-hydrogen) atoms. The van der Waals surface area contributed by atoms with Crippen LogP contribution >= 0.6 is 0 Å². The Balaban J connectivity index is 1.30. The molecule has 5 rings (SSSR count). The van der Waals surface area contributed by atoms with E-state index in [1.54, 1.807) is 23.0 Å². The van der Waals surface area contributed by atoms with E-state index in [9.17, 15) is 9.59 Å². The fraction of sp³-hybridized carbons (Fsp3) is 0.0625. The molecule has 0 aliphatic rings. The molecule has 0 bridgehead atoms. The molecule has 198 valence electrons. The molecule has 0 unspecified atom stereocenters. The van der Waals surface area contributed by atoms with Gasteiger partial charge in [-0.15, -0.1) is 0 Å². The summed E-state index contributed by atoms with van der Waals surface area (Å²) in [5.41, 5.74) is 7.29. The topological polar surface area (TPSA) is 94.8 Å². The minimum Gasteiger partial charge on any atom is -0.488 e.